The van der Waals surface area contributed by atoms with Gasteiger partial charge in [0.05, 0.1) is 7.11 Å². The van der Waals surface area contributed by atoms with Crippen LogP contribution in [0.5, 0.6) is 0 Å². The van der Waals surface area contributed by atoms with Gasteiger partial charge in [-0.2, -0.15) is 0 Å². The van der Waals surface area contributed by atoms with Crippen molar-refractivity contribution in [3.63, 3.8) is 0 Å². The summed E-state index contributed by atoms with van der Waals surface area (Å²) in [7, 11) is 1.56. The summed E-state index contributed by atoms with van der Waals surface area (Å²) in [5.41, 5.74) is 0. The lowest BCUT2D eigenvalue weighted by atomic mass is 10.00. The van der Waals surface area contributed by atoms with Crippen molar-refractivity contribution in [2.75, 3.05) is 20.2 Å². The van der Waals surface area contributed by atoms with Gasteiger partial charge in [0.2, 0.25) is 5.76 Å². The quantitative estimate of drug-likeness (QED) is 0.463. The van der Waals surface area contributed by atoms with Gasteiger partial charge in [0.1, 0.15) is 5.76 Å². The van der Waals surface area contributed by atoms with Gasteiger partial charge in [0.25, 0.3) is 0 Å². The molecule has 114 valence electrons. The SMILES string of the molecule is C#CC1CCNCC1.CC.COC1=C(OO)C=CCC1. The smallest absolute Gasteiger partial charge is 0.202 e. The molecule has 2 N–H and O–H groups in total. The first-order chi connectivity index (χ1) is 9.81. The van der Waals surface area contributed by atoms with E-state index in [2.05, 4.69) is 16.1 Å². The number of terminal acetylenes is 1. The molecule has 20 heavy (non-hydrogen) atoms. The summed E-state index contributed by atoms with van der Waals surface area (Å²) in [5, 5.41) is 11.6. The highest BCUT2D eigenvalue weighted by molar-refractivity contribution is 5.20. The van der Waals surface area contributed by atoms with E-state index < -0.39 is 0 Å². The number of nitrogens with one attached hydrogen (secondary N) is 1. The topological polar surface area (TPSA) is 50.7 Å². The molecule has 1 aliphatic heterocycles. The van der Waals surface area contributed by atoms with E-state index in [4.69, 9.17) is 16.4 Å². The van der Waals surface area contributed by atoms with Crippen molar-refractivity contribution in [2.45, 2.75) is 39.5 Å². The van der Waals surface area contributed by atoms with Crippen molar-refractivity contribution >= 4 is 0 Å². The van der Waals surface area contributed by atoms with E-state index in [1.165, 1.54) is 0 Å². The van der Waals surface area contributed by atoms with Crippen LogP contribution in [0.4, 0.5) is 0 Å². The third kappa shape index (κ3) is 7.22. The van der Waals surface area contributed by atoms with Crippen LogP contribution < -0.4 is 5.32 Å². The summed E-state index contributed by atoms with van der Waals surface area (Å²) in [6, 6.07) is 0. The maximum atomic E-state index is 8.30. The molecule has 1 heterocycles. The van der Waals surface area contributed by atoms with Gasteiger partial charge >= 0.3 is 0 Å². The second kappa shape index (κ2) is 12.6. The van der Waals surface area contributed by atoms with Crippen molar-refractivity contribution < 1.29 is 14.9 Å². The van der Waals surface area contributed by atoms with E-state index in [-0.39, 0.29) is 0 Å². The molecule has 1 fully saturated rings. The number of hydrogen-bond donors (Lipinski definition) is 2. The van der Waals surface area contributed by atoms with Crippen LogP contribution in [0.3, 0.4) is 0 Å². The lowest BCUT2D eigenvalue weighted by molar-refractivity contribution is -0.202. The molecule has 1 aliphatic carbocycles. The van der Waals surface area contributed by atoms with Gasteiger partial charge in [0, 0.05) is 12.3 Å². The molecule has 0 aromatic carbocycles. The van der Waals surface area contributed by atoms with E-state index in [1.807, 2.05) is 19.9 Å². The van der Waals surface area contributed by atoms with E-state index in [0.29, 0.717) is 17.4 Å². The largest absolute Gasteiger partial charge is 0.497 e. The second-order valence-corrected chi connectivity index (χ2v) is 4.21. The number of hydrogen-bond acceptors (Lipinski definition) is 4. The molecule has 0 radical (unpaired) electrons. The molecule has 2 aliphatic rings. The van der Waals surface area contributed by atoms with Crippen LogP contribution in [0.2, 0.25) is 0 Å². The molecule has 0 bridgehead atoms. The Balaban J connectivity index is 0.000000327. The summed E-state index contributed by atoms with van der Waals surface area (Å²) in [4.78, 5) is 4.06. The number of ether oxygens (including phenoxy) is 1. The average molecular weight is 281 g/mol. The van der Waals surface area contributed by atoms with Gasteiger partial charge < -0.3 is 14.9 Å². The van der Waals surface area contributed by atoms with Crippen molar-refractivity contribution in [3.8, 4) is 12.3 Å². The average Bonchev–Trinajstić information content (AvgIpc) is 2.57. The first-order valence-corrected chi connectivity index (χ1v) is 7.23. The van der Waals surface area contributed by atoms with Gasteiger partial charge in [0.15, 0.2) is 0 Å². The summed E-state index contributed by atoms with van der Waals surface area (Å²) in [5.74, 6) is 4.43. The Labute approximate surface area is 122 Å². The lowest BCUT2D eigenvalue weighted by Gasteiger charge is -2.16. The predicted molar refractivity (Wildman–Crippen MR) is 81.9 cm³/mol. The lowest BCUT2D eigenvalue weighted by Crippen LogP contribution is -2.26. The zero-order chi connectivity index (χ0) is 15.2. The monoisotopic (exact) mass is 281 g/mol. The van der Waals surface area contributed by atoms with E-state index in [9.17, 15) is 0 Å². The van der Waals surface area contributed by atoms with Crippen LogP contribution in [0.1, 0.15) is 39.5 Å². The molecule has 0 amide bonds. The van der Waals surface area contributed by atoms with Crippen molar-refractivity contribution in [3.05, 3.63) is 23.7 Å². The van der Waals surface area contributed by atoms with Crippen LogP contribution in [0, 0.1) is 18.3 Å². The Morgan fingerprint density at radius 1 is 1.35 bits per heavy atom. The minimum atomic E-state index is 0.411. The Morgan fingerprint density at radius 2 is 2.00 bits per heavy atom. The summed E-state index contributed by atoms with van der Waals surface area (Å²) in [6.07, 6.45) is 12.9. The highest BCUT2D eigenvalue weighted by atomic mass is 17.1. The van der Waals surface area contributed by atoms with E-state index >= 15 is 0 Å². The molecule has 0 aromatic heterocycles. The van der Waals surface area contributed by atoms with Crippen LogP contribution in [0.15, 0.2) is 23.7 Å². The zero-order valence-corrected chi connectivity index (χ0v) is 12.8. The maximum absolute atomic E-state index is 8.30. The molecular formula is C16H27NO3. The molecule has 0 saturated carbocycles. The van der Waals surface area contributed by atoms with Crippen molar-refractivity contribution in [2.24, 2.45) is 5.92 Å². The van der Waals surface area contributed by atoms with Crippen molar-refractivity contribution in [1.29, 1.82) is 0 Å². The third-order valence-corrected chi connectivity index (χ3v) is 3.00. The van der Waals surface area contributed by atoms with E-state index in [1.54, 1.807) is 13.2 Å². The predicted octanol–water partition coefficient (Wildman–Crippen LogP) is 3.33. The number of methoxy groups -OCH3 is 1. The first-order valence-electron chi connectivity index (χ1n) is 7.23. The van der Waals surface area contributed by atoms with Crippen LogP contribution in [-0.4, -0.2) is 25.5 Å². The molecule has 1 saturated heterocycles. The zero-order valence-electron chi connectivity index (χ0n) is 12.8. The van der Waals surface area contributed by atoms with Gasteiger partial charge in [-0.05, 0) is 38.4 Å². The molecule has 0 atom stereocenters. The summed E-state index contributed by atoms with van der Waals surface area (Å²) >= 11 is 0. The first kappa shape index (κ1) is 18.6. The Bertz CT molecular complexity index is 336. The Morgan fingerprint density at radius 3 is 2.40 bits per heavy atom. The van der Waals surface area contributed by atoms with Crippen LogP contribution >= 0.6 is 0 Å². The minimum absolute atomic E-state index is 0.411. The fraction of sp³-hybridized carbons (Fsp3) is 0.625. The van der Waals surface area contributed by atoms with Gasteiger partial charge in [-0.3, -0.25) is 0 Å². The molecular weight excluding hydrogens is 254 g/mol. The van der Waals surface area contributed by atoms with Gasteiger partial charge in [-0.15, -0.1) is 12.3 Å². The number of piperidine rings is 1. The normalized spacial score (nSPS) is 17.9. The highest BCUT2D eigenvalue weighted by Crippen LogP contribution is 2.18. The fourth-order valence-electron chi connectivity index (χ4n) is 1.89. The molecule has 0 aromatic rings. The minimum Gasteiger partial charge on any atom is -0.497 e. The number of rotatable bonds is 2. The standard InChI is InChI=1S/C7H11N.C7H10O3.C2H6/c1-2-7-3-5-8-6-4-7;1-9-6-4-2-3-5-7(6)10-8;1-2/h1,7-8H,3-6H2;3,5,8H,2,4H2,1H3;1-2H3. The third-order valence-electron chi connectivity index (χ3n) is 3.00. The van der Waals surface area contributed by atoms with Gasteiger partial charge in [-0.25, -0.2) is 5.26 Å². The fourth-order valence-corrected chi connectivity index (χ4v) is 1.89. The molecule has 4 nitrogen and oxygen atoms in total. The van der Waals surface area contributed by atoms with Crippen LogP contribution in [0.25, 0.3) is 0 Å². The van der Waals surface area contributed by atoms with Crippen molar-refractivity contribution in [1.82, 2.24) is 5.32 Å². The number of allylic oxidation sites excluding steroid dienone is 3. The Hall–Kier alpha value is -1.44. The highest BCUT2D eigenvalue weighted by Gasteiger charge is 2.09. The molecule has 0 unspecified atom stereocenters. The van der Waals surface area contributed by atoms with Gasteiger partial charge in [-0.1, -0.05) is 19.9 Å². The van der Waals surface area contributed by atoms with Crippen LogP contribution in [-0.2, 0) is 9.62 Å². The molecule has 2 rings (SSSR count). The summed E-state index contributed by atoms with van der Waals surface area (Å²) < 4.78 is 4.94. The summed E-state index contributed by atoms with van der Waals surface area (Å²) in [6.45, 7) is 6.21. The second-order valence-electron chi connectivity index (χ2n) is 4.21. The molecule has 4 heteroatoms. The van der Waals surface area contributed by atoms with E-state index in [0.717, 1.165) is 38.8 Å². The maximum Gasteiger partial charge on any atom is 0.202 e. The Kier molecular flexibility index (Phi) is 11.7. The molecule has 0 spiro atoms.